The molecule has 1 amide bonds. The van der Waals surface area contributed by atoms with Gasteiger partial charge in [-0.2, -0.15) is 0 Å². The molecule has 2 atom stereocenters. The first-order chi connectivity index (χ1) is 12.1. The number of hydrogen-bond donors (Lipinski definition) is 0. The highest BCUT2D eigenvalue weighted by Crippen LogP contribution is 2.50. The van der Waals surface area contributed by atoms with Crippen molar-refractivity contribution in [2.75, 3.05) is 20.2 Å². The van der Waals surface area contributed by atoms with Gasteiger partial charge in [0.2, 0.25) is 5.91 Å². The van der Waals surface area contributed by atoms with Crippen LogP contribution in [-0.4, -0.2) is 48.3 Å². The molecule has 2 heterocycles. The fourth-order valence-electron chi connectivity index (χ4n) is 4.97. The Labute approximate surface area is 148 Å². The molecule has 4 aliphatic rings. The van der Waals surface area contributed by atoms with E-state index in [4.69, 9.17) is 9.57 Å². The molecule has 0 bridgehead atoms. The molecule has 6 heteroatoms. The summed E-state index contributed by atoms with van der Waals surface area (Å²) in [4.78, 5) is 32.0. The van der Waals surface area contributed by atoms with Gasteiger partial charge in [0.1, 0.15) is 5.60 Å². The van der Waals surface area contributed by atoms with Crippen molar-refractivity contribution in [1.29, 1.82) is 0 Å². The first-order valence-corrected chi connectivity index (χ1v) is 9.74. The first kappa shape index (κ1) is 16.9. The number of hydrogen-bond acceptors (Lipinski definition) is 5. The molecule has 0 aromatic rings. The van der Waals surface area contributed by atoms with Gasteiger partial charge in [0, 0.05) is 38.3 Å². The highest BCUT2D eigenvalue weighted by atomic mass is 16.7. The SMILES string of the molecule is COC(=O)C1=NOC2(CCN(C(=O)[C@@H]3C[C@H]3C3CCCCC3)CC2)C1. The fraction of sp³-hybridized carbons (Fsp3) is 0.842. The third kappa shape index (κ3) is 3.27. The van der Waals surface area contributed by atoms with Crippen LogP contribution in [0.2, 0.25) is 0 Å². The van der Waals surface area contributed by atoms with E-state index in [1.807, 2.05) is 4.90 Å². The van der Waals surface area contributed by atoms with Crippen LogP contribution in [0, 0.1) is 17.8 Å². The zero-order chi connectivity index (χ0) is 17.4. The predicted molar refractivity (Wildman–Crippen MR) is 91.9 cm³/mol. The maximum Gasteiger partial charge on any atom is 0.355 e. The molecule has 2 saturated carbocycles. The van der Waals surface area contributed by atoms with Crippen LogP contribution in [0.25, 0.3) is 0 Å². The molecule has 3 fully saturated rings. The van der Waals surface area contributed by atoms with Crippen LogP contribution < -0.4 is 0 Å². The van der Waals surface area contributed by atoms with Crippen LogP contribution in [0.1, 0.15) is 57.8 Å². The minimum Gasteiger partial charge on any atom is -0.464 e. The van der Waals surface area contributed by atoms with Gasteiger partial charge in [-0.05, 0) is 18.3 Å². The molecule has 4 rings (SSSR count). The molecule has 2 aliphatic carbocycles. The van der Waals surface area contributed by atoms with E-state index in [-0.39, 0.29) is 5.92 Å². The molecule has 25 heavy (non-hydrogen) atoms. The van der Waals surface area contributed by atoms with Crippen molar-refractivity contribution < 1.29 is 19.2 Å². The van der Waals surface area contributed by atoms with Gasteiger partial charge in [0.05, 0.1) is 7.11 Å². The summed E-state index contributed by atoms with van der Waals surface area (Å²) in [5, 5.41) is 3.91. The molecule has 2 aliphatic heterocycles. The number of esters is 1. The monoisotopic (exact) mass is 348 g/mol. The Bertz CT molecular complexity index is 574. The maximum absolute atomic E-state index is 12.8. The van der Waals surface area contributed by atoms with Crippen molar-refractivity contribution in [1.82, 2.24) is 4.90 Å². The van der Waals surface area contributed by atoms with Crippen LogP contribution >= 0.6 is 0 Å². The topological polar surface area (TPSA) is 68.2 Å². The van der Waals surface area contributed by atoms with Gasteiger partial charge in [-0.25, -0.2) is 4.79 Å². The van der Waals surface area contributed by atoms with E-state index in [1.54, 1.807) is 0 Å². The molecule has 1 spiro atoms. The number of carbonyl (C=O) groups is 2. The van der Waals surface area contributed by atoms with Crippen LogP contribution in [-0.2, 0) is 19.2 Å². The van der Waals surface area contributed by atoms with Gasteiger partial charge < -0.3 is 14.5 Å². The normalized spacial score (nSPS) is 31.4. The van der Waals surface area contributed by atoms with Gasteiger partial charge in [0.15, 0.2) is 5.71 Å². The number of nitrogens with zero attached hydrogens (tertiary/aromatic N) is 2. The summed E-state index contributed by atoms with van der Waals surface area (Å²) in [6, 6.07) is 0. The largest absolute Gasteiger partial charge is 0.464 e. The second kappa shape index (κ2) is 6.61. The van der Waals surface area contributed by atoms with Crippen molar-refractivity contribution in [2.45, 2.75) is 63.4 Å². The van der Waals surface area contributed by atoms with Crippen LogP contribution in [0.4, 0.5) is 0 Å². The number of carbonyl (C=O) groups excluding carboxylic acids is 2. The summed E-state index contributed by atoms with van der Waals surface area (Å²) >= 11 is 0. The summed E-state index contributed by atoms with van der Waals surface area (Å²) in [7, 11) is 1.36. The minimum absolute atomic E-state index is 0.267. The molecule has 1 saturated heterocycles. The number of oxime groups is 1. The Morgan fingerprint density at radius 3 is 2.60 bits per heavy atom. The van der Waals surface area contributed by atoms with Crippen LogP contribution in [0.3, 0.4) is 0 Å². The molecule has 0 unspecified atom stereocenters. The third-order valence-electron chi connectivity index (χ3n) is 6.66. The van der Waals surface area contributed by atoms with Crippen molar-refractivity contribution in [2.24, 2.45) is 22.9 Å². The molecular formula is C19H28N2O4. The maximum atomic E-state index is 12.8. The van der Waals surface area contributed by atoms with Gasteiger partial charge >= 0.3 is 5.97 Å². The Morgan fingerprint density at radius 2 is 1.92 bits per heavy atom. The van der Waals surface area contributed by atoms with Crippen molar-refractivity contribution >= 4 is 17.6 Å². The van der Waals surface area contributed by atoms with E-state index in [1.165, 1.54) is 39.2 Å². The number of methoxy groups -OCH3 is 1. The molecule has 0 aromatic carbocycles. The van der Waals surface area contributed by atoms with Gasteiger partial charge in [-0.1, -0.05) is 37.3 Å². The minimum atomic E-state index is -0.413. The lowest BCUT2D eigenvalue weighted by Gasteiger charge is -2.37. The van der Waals surface area contributed by atoms with Gasteiger partial charge in [0.25, 0.3) is 0 Å². The molecule has 138 valence electrons. The van der Waals surface area contributed by atoms with E-state index in [2.05, 4.69) is 5.16 Å². The van der Waals surface area contributed by atoms with E-state index in [0.717, 1.165) is 25.2 Å². The van der Waals surface area contributed by atoms with Crippen LogP contribution in [0.15, 0.2) is 5.16 Å². The number of rotatable bonds is 3. The summed E-state index contributed by atoms with van der Waals surface area (Å²) in [6.45, 7) is 1.41. The highest BCUT2D eigenvalue weighted by molar-refractivity contribution is 6.36. The van der Waals surface area contributed by atoms with Gasteiger partial charge in [-0.15, -0.1) is 0 Å². The molecule has 0 N–H and O–H groups in total. The van der Waals surface area contributed by atoms with Crippen molar-refractivity contribution in [3.8, 4) is 0 Å². The van der Waals surface area contributed by atoms with Gasteiger partial charge in [-0.3, -0.25) is 4.79 Å². The average molecular weight is 348 g/mol. The Balaban J connectivity index is 1.27. The lowest BCUT2D eigenvalue weighted by molar-refractivity contribution is -0.139. The Kier molecular flexibility index (Phi) is 4.46. The number of ether oxygens (including phenoxy) is 1. The standard InChI is InChI=1S/C19H28N2O4/c1-24-18(23)16-12-19(25-20-16)7-9-21(10-8-19)17(22)15-11-14(15)13-5-3-2-4-6-13/h13-15H,2-12H2,1H3/t14-,15+/m0/s1. The van der Waals surface area contributed by atoms with E-state index < -0.39 is 11.6 Å². The first-order valence-electron chi connectivity index (χ1n) is 9.74. The average Bonchev–Trinajstić information content (AvgIpc) is 3.37. The molecular weight excluding hydrogens is 320 g/mol. The summed E-state index contributed by atoms with van der Waals surface area (Å²) in [5.74, 6) is 1.62. The Hall–Kier alpha value is -1.59. The second-order valence-electron chi connectivity index (χ2n) is 8.21. The third-order valence-corrected chi connectivity index (χ3v) is 6.66. The second-order valence-corrected chi connectivity index (χ2v) is 8.21. The van der Waals surface area contributed by atoms with E-state index >= 15 is 0 Å². The Morgan fingerprint density at radius 1 is 1.20 bits per heavy atom. The zero-order valence-corrected chi connectivity index (χ0v) is 15.0. The molecule has 0 radical (unpaired) electrons. The van der Waals surface area contributed by atoms with Crippen molar-refractivity contribution in [3.63, 3.8) is 0 Å². The molecule has 6 nitrogen and oxygen atoms in total. The summed E-state index contributed by atoms with van der Waals surface area (Å²) in [6.07, 6.45) is 9.76. The quantitative estimate of drug-likeness (QED) is 0.735. The smallest absolute Gasteiger partial charge is 0.355 e. The lowest BCUT2D eigenvalue weighted by Crippen LogP contribution is -2.47. The highest BCUT2D eigenvalue weighted by Gasteiger charge is 2.51. The number of amides is 1. The zero-order valence-electron chi connectivity index (χ0n) is 15.0. The summed E-state index contributed by atoms with van der Waals surface area (Å²) < 4.78 is 4.72. The van der Waals surface area contributed by atoms with Crippen molar-refractivity contribution in [3.05, 3.63) is 0 Å². The number of piperidine rings is 1. The lowest BCUT2D eigenvalue weighted by atomic mass is 9.84. The predicted octanol–water partition coefficient (Wildman–Crippen LogP) is 2.51. The molecule has 0 aromatic heterocycles. The summed E-state index contributed by atoms with van der Waals surface area (Å²) in [5.41, 5.74) is -0.0473. The fourth-order valence-corrected chi connectivity index (χ4v) is 4.97. The van der Waals surface area contributed by atoms with Crippen LogP contribution in [0.5, 0.6) is 0 Å². The number of likely N-dealkylation sites (tertiary alicyclic amines) is 1. The van der Waals surface area contributed by atoms with E-state index in [0.29, 0.717) is 37.0 Å². The van der Waals surface area contributed by atoms with E-state index in [9.17, 15) is 9.59 Å².